The van der Waals surface area contributed by atoms with Crippen molar-refractivity contribution in [2.45, 2.75) is 57.8 Å². The number of carbonyl (C=O) groups is 3. The molecule has 12 heteroatoms. The maximum absolute atomic E-state index is 14.1. The van der Waals surface area contributed by atoms with Crippen LogP contribution in [-0.2, 0) is 27.8 Å². The van der Waals surface area contributed by atoms with Crippen LogP contribution in [-0.4, -0.2) is 62.6 Å². The third-order valence-electron chi connectivity index (χ3n) is 8.82. The lowest BCUT2D eigenvalue weighted by atomic mass is 10.0. The summed E-state index contributed by atoms with van der Waals surface area (Å²) in [5.41, 5.74) is 2.91. The minimum absolute atomic E-state index is 0.000850. The summed E-state index contributed by atoms with van der Waals surface area (Å²) in [5, 5.41) is 12.3. The molecule has 1 aromatic heterocycles. The summed E-state index contributed by atoms with van der Waals surface area (Å²) in [4.78, 5) is 44.6. The van der Waals surface area contributed by atoms with Crippen LogP contribution in [0.3, 0.4) is 0 Å². The first-order chi connectivity index (χ1) is 24.5. The summed E-state index contributed by atoms with van der Waals surface area (Å²) in [6, 6.07) is 25.5. The van der Waals surface area contributed by atoms with Crippen molar-refractivity contribution in [3.05, 3.63) is 131 Å². The number of pyridine rings is 1. The van der Waals surface area contributed by atoms with Crippen molar-refractivity contribution < 1.29 is 22.8 Å². The number of aromatic nitrogens is 1. The van der Waals surface area contributed by atoms with Crippen molar-refractivity contribution in [3.8, 4) is 0 Å². The molecule has 1 saturated carbocycles. The molecule has 0 radical (unpaired) electrons. The molecule has 11 nitrogen and oxygen atoms in total. The number of rotatable bonds is 17. The average molecular weight is 711 g/mol. The Morgan fingerprint density at radius 3 is 2.06 bits per heavy atom. The molecule has 3 atom stereocenters. The summed E-state index contributed by atoms with van der Waals surface area (Å²) < 4.78 is 27.6. The first kappa shape index (κ1) is 37.2. The molecular weight excluding hydrogens is 665 g/mol. The van der Waals surface area contributed by atoms with Crippen LogP contribution in [0, 0.1) is 5.92 Å². The predicted octanol–water partition coefficient (Wildman–Crippen LogP) is 4.38. The van der Waals surface area contributed by atoms with Gasteiger partial charge >= 0.3 is 0 Å². The van der Waals surface area contributed by atoms with E-state index in [0.717, 1.165) is 35.8 Å². The molecule has 1 unspecified atom stereocenters. The molecule has 3 amide bonds. The van der Waals surface area contributed by atoms with E-state index >= 15 is 0 Å². The van der Waals surface area contributed by atoms with Gasteiger partial charge in [-0.2, -0.15) is 0 Å². The second kappa shape index (κ2) is 17.2. The lowest BCUT2D eigenvalue weighted by Crippen LogP contribution is -2.49. The molecule has 4 aromatic rings. The van der Waals surface area contributed by atoms with Gasteiger partial charge in [0.1, 0.15) is 0 Å². The molecule has 0 saturated heterocycles. The quantitative estimate of drug-likeness (QED) is 0.127. The van der Waals surface area contributed by atoms with Gasteiger partial charge in [0, 0.05) is 42.7 Å². The largest absolute Gasteiger partial charge is 0.354 e. The Morgan fingerprint density at radius 2 is 1.47 bits per heavy atom. The lowest BCUT2D eigenvalue weighted by molar-refractivity contribution is -0.122. The zero-order valence-electron chi connectivity index (χ0n) is 29.2. The number of amides is 3. The fourth-order valence-electron chi connectivity index (χ4n) is 5.64. The lowest BCUT2D eigenvalue weighted by Gasteiger charge is -2.25. The first-order valence-electron chi connectivity index (χ1n) is 17.2. The molecule has 1 aliphatic rings. The number of anilines is 1. The van der Waals surface area contributed by atoms with Crippen molar-refractivity contribution in [2.24, 2.45) is 5.92 Å². The molecule has 1 heterocycles. The topological polar surface area (TPSA) is 150 Å². The summed E-state index contributed by atoms with van der Waals surface area (Å²) in [7, 11) is -3.85. The van der Waals surface area contributed by atoms with E-state index in [4.69, 9.17) is 0 Å². The Morgan fingerprint density at radius 1 is 0.843 bits per heavy atom. The van der Waals surface area contributed by atoms with Gasteiger partial charge < -0.3 is 21.3 Å². The standard InChI is InChI=1S/C39H46N6O5S/c1-27(32-15-10-18-40-24-32)43-38(47)33-20-34(22-36(21-33)45(51(3,49)50)26-31-13-8-5-9-14-31)39(48)44-35(19-29-11-6-4-7-12-29)25-41-28(2)37(46)42-23-30-16-17-30/h4-15,18,20-22,24,27-28,30,35,41H,16-17,19,23,25-26H2,1-3H3,(H,42,46)(H,43,47)(H,44,48)/t27?,28-,35-/m0/s1. The van der Waals surface area contributed by atoms with E-state index in [9.17, 15) is 22.8 Å². The molecule has 0 bridgehead atoms. The van der Waals surface area contributed by atoms with Crippen LogP contribution in [0.5, 0.6) is 0 Å². The monoisotopic (exact) mass is 710 g/mol. The zero-order chi connectivity index (χ0) is 36.4. The maximum Gasteiger partial charge on any atom is 0.251 e. The second-order valence-electron chi connectivity index (χ2n) is 13.2. The van der Waals surface area contributed by atoms with Crippen LogP contribution in [0.4, 0.5) is 5.69 Å². The smallest absolute Gasteiger partial charge is 0.251 e. The van der Waals surface area contributed by atoms with Gasteiger partial charge in [0.15, 0.2) is 0 Å². The highest BCUT2D eigenvalue weighted by Crippen LogP contribution is 2.28. The van der Waals surface area contributed by atoms with Crippen molar-refractivity contribution in [3.63, 3.8) is 0 Å². The molecule has 268 valence electrons. The Bertz CT molecular complexity index is 1890. The Labute approximate surface area is 300 Å². The minimum Gasteiger partial charge on any atom is -0.354 e. The third-order valence-corrected chi connectivity index (χ3v) is 9.96. The summed E-state index contributed by atoms with van der Waals surface area (Å²) in [6.45, 7) is 4.56. The van der Waals surface area contributed by atoms with Crippen molar-refractivity contribution in [2.75, 3.05) is 23.7 Å². The number of carbonyl (C=O) groups excluding carboxylic acids is 3. The van der Waals surface area contributed by atoms with E-state index in [1.807, 2.05) is 73.7 Å². The molecule has 1 fully saturated rings. The van der Waals surface area contributed by atoms with Crippen molar-refractivity contribution in [1.29, 1.82) is 0 Å². The SMILES string of the molecule is CC(NC(=O)c1cc(C(=O)N[C@H](CN[C@@H](C)C(=O)NCC2CC2)Cc2ccccc2)cc(N(Cc2ccccc2)S(C)(=O)=O)c1)c1cccnc1. The van der Waals surface area contributed by atoms with E-state index < -0.39 is 40.0 Å². The maximum atomic E-state index is 14.1. The number of nitrogens with zero attached hydrogens (tertiary/aromatic N) is 2. The van der Waals surface area contributed by atoms with Gasteiger partial charge in [0.05, 0.1) is 30.6 Å². The molecular formula is C39H46N6O5S. The van der Waals surface area contributed by atoms with Crippen molar-refractivity contribution >= 4 is 33.4 Å². The Hall–Kier alpha value is -5.07. The third kappa shape index (κ3) is 11.2. The van der Waals surface area contributed by atoms with Crippen LogP contribution in [0.25, 0.3) is 0 Å². The summed E-state index contributed by atoms with van der Waals surface area (Å²) >= 11 is 0. The highest BCUT2D eigenvalue weighted by Gasteiger charge is 2.26. The fourth-order valence-corrected chi connectivity index (χ4v) is 6.51. The number of hydrogen-bond acceptors (Lipinski definition) is 7. The normalized spacial score (nSPS) is 14.5. The van der Waals surface area contributed by atoms with Gasteiger partial charge in [0.2, 0.25) is 15.9 Å². The molecule has 3 aromatic carbocycles. The Kier molecular flexibility index (Phi) is 12.6. The number of nitrogens with one attached hydrogen (secondary N) is 4. The van der Waals surface area contributed by atoms with Gasteiger partial charge in [-0.1, -0.05) is 66.7 Å². The zero-order valence-corrected chi connectivity index (χ0v) is 30.0. The second-order valence-corrected chi connectivity index (χ2v) is 15.1. The summed E-state index contributed by atoms with van der Waals surface area (Å²) in [6.07, 6.45) is 7.13. The first-order valence-corrected chi connectivity index (χ1v) is 19.0. The molecule has 0 aliphatic heterocycles. The van der Waals surface area contributed by atoms with Crippen LogP contribution < -0.4 is 25.6 Å². The number of sulfonamides is 1. The van der Waals surface area contributed by atoms with E-state index in [2.05, 4.69) is 26.3 Å². The van der Waals surface area contributed by atoms with E-state index in [-0.39, 0.29) is 35.8 Å². The van der Waals surface area contributed by atoms with Gasteiger partial charge in [-0.05, 0) is 80.0 Å². The van der Waals surface area contributed by atoms with E-state index in [0.29, 0.717) is 18.9 Å². The molecule has 1 aliphatic carbocycles. The van der Waals surface area contributed by atoms with E-state index in [1.165, 1.54) is 22.5 Å². The number of hydrogen-bond donors (Lipinski definition) is 4. The fraction of sp³-hybridized carbons (Fsp3) is 0.333. The highest BCUT2D eigenvalue weighted by atomic mass is 32.2. The summed E-state index contributed by atoms with van der Waals surface area (Å²) in [5.74, 6) is -0.523. The van der Waals surface area contributed by atoms with Crippen molar-refractivity contribution in [1.82, 2.24) is 26.3 Å². The molecule has 51 heavy (non-hydrogen) atoms. The van der Waals surface area contributed by atoms with Gasteiger partial charge in [0.25, 0.3) is 11.8 Å². The van der Waals surface area contributed by atoms with Gasteiger partial charge in [-0.15, -0.1) is 0 Å². The van der Waals surface area contributed by atoms with Crippen LogP contribution >= 0.6 is 0 Å². The predicted molar refractivity (Wildman–Crippen MR) is 199 cm³/mol. The minimum atomic E-state index is -3.85. The van der Waals surface area contributed by atoms with Crippen LogP contribution in [0.1, 0.15) is 70.1 Å². The molecule has 5 rings (SSSR count). The molecule has 0 spiro atoms. The van der Waals surface area contributed by atoms with Crippen LogP contribution in [0.2, 0.25) is 0 Å². The Balaban J connectivity index is 1.43. The highest BCUT2D eigenvalue weighted by molar-refractivity contribution is 7.92. The number of benzene rings is 3. The van der Waals surface area contributed by atoms with Crippen LogP contribution in [0.15, 0.2) is 103 Å². The average Bonchev–Trinajstić information content (AvgIpc) is 3.97. The van der Waals surface area contributed by atoms with Gasteiger partial charge in [-0.25, -0.2) is 8.42 Å². The van der Waals surface area contributed by atoms with Gasteiger partial charge in [-0.3, -0.25) is 23.7 Å². The molecule has 4 N–H and O–H groups in total. The van der Waals surface area contributed by atoms with E-state index in [1.54, 1.807) is 25.4 Å².